The average molecular weight is 180 g/mol. The average Bonchev–Trinajstić information content (AvgIpc) is 2.08. The summed E-state index contributed by atoms with van der Waals surface area (Å²) in [7, 11) is 0. The summed E-state index contributed by atoms with van der Waals surface area (Å²) in [4.78, 5) is 0. The van der Waals surface area contributed by atoms with Crippen molar-refractivity contribution in [3.63, 3.8) is 0 Å². The molecule has 6 heteroatoms. The molecule has 72 valence electrons. The number of rotatable bonds is 1. The molecule has 0 aromatic heterocycles. The number of aliphatic hydroxyl groups excluding tert-OH is 5. The molecule has 1 saturated heterocycles. The maximum Gasteiger partial charge on any atom is 0.184 e. The second-order valence-corrected chi connectivity index (χ2v) is 2.72. The van der Waals surface area contributed by atoms with Gasteiger partial charge in [-0.15, -0.1) is 0 Å². The predicted octanol–water partition coefficient (Wildman–Crippen LogP) is -3.22. The van der Waals surface area contributed by atoms with E-state index < -0.39 is 37.3 Å². The summed E-state index contributed by atoms with van der Waals surface area (Å²) in [5.41, 5.74) is 0. The normalized spacial score (nSPS) is 49.2. The summed E-state index contributed by atoms with van der Waals surface area (Å²) < 4.78 is 4.58. The van der Waals surface area contributed by atoms with Gasteiger partial charge >= 0.3 is 0 Å². The van der Waals surface area contributed by atoms with Crippen LogP contribution in [0.5, 0.6) is 0 Å². The Morgan fingerprint density at radius 2 is 1.50 bits per heavy atom. The van der Waals surface area contributed by atoms with Crippen LogP contribution in [0.1, 0.15) is 0 Å². The van der Waals surface area contributed by atoms with Crippen LogP contribution in [0.2, 0.25) is 0 Å². The van der Waals surface area contributed by atoms with Crippen molar-refractivity contribution in [2.45, 2.75) is 30.7 Å². The van der Waals surface area contributed by atoms with Crippen LogP contribution >= 0.6 is 0 Å². The van der Waals surface area contributed by atoms with Gasteiger partial charge in [0.2, 0.25) is 0 Å². The Labute approximate surface area is 68.6 Å². The second-order valence-electron chi connectivity index (χ2n) is 2.72. The molecule has 5 N–H and O–H groups in total. The van der Waals surface area contributed by atoms with Crippen LogP contribution in [-0.4, -0.2) is 62.8 Å². The van der Waals surface area contributed by atoms with Gasteiger partial charge in [0.15, 0.2) is 6.29 Å². The Bertz CT molecular complexity index is 146. The fraction of sp³-hybridized carbons (Fsp3) is 1.00. The van der Waals surface area contributed by atoms with E-state index in [2.05, 4.69) is 4.74 Å². The maximum atomic E-state index is 9.12. The van der Waals surface area contributed by atoms with Gasteiger partial charge in [-0.3, -0.25) is 0 Å². The summed E-state index contributed by atoms with van der Waals surface area (Å²) >= 11 is 0. The van der Waals surface area contributed by atoms with Gasteiger partial charge in [-0.2, -0.15) is 0 Å². The summed E-state index contributed by atoms with van der Waals surface area (Å²) in [6.07, 6.45) is -7.04. The Hall–Kier alpha value is -0.240. The molecule has 0 aliphatic carbocycles. The molecule has 0 saturated carbocycles. The van der Waals surface area contributed by atoms with E-state index in [1.807, 2.05) is 0 Å². The van der Waals surface area contributed by atoms with Gasteiger partial charge in [-0.1, -0.05) is 0 Å². The zero-order chi connectivity index (χ0) is 9.30. The van der Waals surface area contributed by atoms with Crippen LogP contribution in [0.15, 0.2) is 0 Å². The summed E-state index contributed by atoms with van der Waals surface area (Å²) in [6.45, 7) is -0.526. The lowest BCUT2D eigenvalue weighted by Gasteiger charge is -2.37. The fourth-order valence-electron chi connectivity index (χ4n) is 1.08. The molecule has 1 fully saturated rings. The van der Waals surface area contributed by atoms with Crippen molar-refractivity contribution in [3.8, 4) is 0 Å². The van der Waals surface area contributed by atoms with Crippen LogP contribution in [-0.2, 0) is 4.74 Å². The Kier molecular flexibility index (Phi) is 2.99. The molecule has 0 spiro atoms. The lowest BCUT2D eigenvalue weighted by Crippen LogP contribution is -2.58. The highest BCUT2D eigenvalue weighted by atomic mass is 16.6. The number of hydrogen-bond donors (Lipinski definition) is 5. The van der Waals surface area contributed by atoms with Crippen LogP contribution in [0, 0.1) is 0 Å². The molecule has 0 amide bonds. The topological polar surface area (TPSA) is 110 Å². The lowest BCUT2D eigenvalue weighted by molar-refractivity contribution is -0.286. The molecular weight excluding hydrogens is 168 g/mol. The van der Waals surface area contributed by atoms with Crippen molar-refractivity contribution in [2.24, 2.45) is 0 Å². The third kappa shape index (κ3) is 1.58. The van der Waals surface area contributed by atoms with Crippen molar-refractivity contribution >= 4 is 0 Å². The number of aliphatic hydroxyl groups is 5. The summed E-state index contributed by atoms with van der Waals surface area (Å²) in [6, 6.07) is 0. The van der Waals surface area contributed by atoms with Crippen LogP contribution in [0.3, 0.4) is 0 Å². The van der Waals surface area contributed by atoms with Crippen molar-refractivity contribution in [1.29, 1.82) is 0 Å². The molecule has 0 aromatic carbocycles. The molecule has 0 aromatic rings. The van der Waals surface area contributed by atoms with E-state index in [1.165, 1.54) is 0 Å². The van der Waals surface area contributed by atoms with Gasteiger partial charge in [-0.05, 0) is 0 Å². The highest BCUT2D eigenvalue weighted by molar-refractivity contribution is 4.87. The quantitative estimate of drug-likeness (QED) is 0.290. The Balaban J connectivity index is 2.63. The minimum atomic E-state index is -1.57. The monoisotopic (exact) mass is 180 g/mol. The minimum absolute atomic E-state index is 0.526. The van der Waals surface area contributed by atoms with Gasteiger partial charge in [0, 0.05) is 0 Å². The van der Waals surface area contributed by atoms with Crippen molar-refractivity contribution in [3.05, 3.63) is 0 Å². The smallest absolute Gasteiger partial charge is 0.184 e. The second kappa shape index (κ2) is 3.65. The summed E-state index contributed by atoms with van der Waals surface area (Å²) in [5.74, 6) is 0. The molecular formula is C6H12O6. The minimum Gasteiger partial charge on any atom is -0.394 e. The van der Waals surface area contributed by atoms with E-state index >= 15 is 0 Å². The fourth-order valence-corrected chi connectivity index (χ4v) is 1.08. The van der Waals surface area contributed by atoms with E-state index in [0.29, 0.717) is 0 Å². The standard InChI is InChI=1S/C6H12O6/c7-1-2-3(8)4(9)5(10)6(11)12-2/h2-11H,1H2/t2?,3-,4-,5+,6-/m0/s1. The van der Waals surface area contributed by atoms with Crippen LogP contribution in [0.4, 0.5) is 0 Å². The Morgan fingerprint density at radius 3 is 2.00 bits per heavy atom. The van der Waals surface area contributed by atoms with E-state index in [0.717, 1.165) is 0 Å². The molecule has 1 rings (SSSR count). The first kappa shape index (κ1) is 9.85. The third-order valence-corrected chi connectivity index (χ3v) is 1.87. The lowest BCUT2D eigenvalue weighted by atomic mass is 10.00. The first-order chi connectivity index (χ1) is 5.57. The van der Waals surface area contributed by atoms with Gasteiger partial charge in [0.05, 0.1) is 6.61 Å². The maximum absolute atomic E-state index is 9.12. The zero-order valence-electron chi connectivity index (χ0n) is 6.24. The first-order valence-corrected chi connectivity index (χ1v) is 3.56. The van der Waals surface area contributed by atoms with E-state index in [9.17, 15) is 0 Å². The Morgan fingerprint density at radius 1 is 0.917 bits per heavy atom. The number of hydrogen-bond acceptors (Lipinski definition) is 6. The van der Waals surface area contributed by atoms with Crippen molar-refractivity contribution in [1.82, 2.24) is 0 Å². The molecule has 12 heavy (non-hydrogen) atoms. The first-order valence-electron chi connectivity index (χ1n) is 3.56. The zero-order valence-corrected chi connectivity index (χ0v) is 6.24. The van der Waals surface area contributed by atoms with Crippen molar-refractivity contribution in [2.75, 3.05) is 6.61 Å². The largest absolute Gasteiger partial charge is 0.394 e. The highest BCUT2D eigenvalue weighted by Crippen LogP contribution is 2.18. The van der Waals surface area contributed by atoms with Crippen molar-refractivity contribution < 1.29 is 30.3 Å². The molecule has 5 atom stereocenters. The van der Waals surface area contributed by atoms with Gasteiger partial charge in [0.1, 0.15) is 24.4 Å². The molecule has 0 radical (unpaired) electrons. The van der Waals surface area contributed by atoms with E-state index in [4.69, 9.17) is 25.5 Å². The molecule has 1 heterocycles. The van der Waals surface area contributed by atoms with Gasteiger partial charge in [0.25, 0.3) is 0 Å². The SMILES string of the molecule is OCC1O[C@H](O)[C@H](O)[C@@H](O)[C@H]1O. The molecule has 6 nitrogen and oxygen atoms in total. The predicted molar refractivity (Wildman–Crippen MR) is 36.0 cm³/mol. The van der Waals surface area contributed by atoms with Gasteiger partial charge in [-0.25, -0.2) is 0 Å². The molecule has 0 bridgehead atoms. The van der Waals surface area contributed by atoms with Gasteiger partial charge < -0.3 is 30.3 Å². The third-order valence-electron chi connectivity index (χ3n) is 1.87. The molecule has 1 unspecified atom stereocenters. The van der Waals surface area contributed by atoms with E-state index in [-0.39, 0.29) is 0 Å². The number of ether oxygens (including phenoxy) is 1. The van der Waals surface area contributed by atoms with E-state index in [1.54, 1.807) is 0 Å². The van der Waals surface area contributed by atoms with Crippen LogP contribution < -0.4 is 0 Å². The summed E-state index contributed by atoms with van der Waals surface area (Å²) in [5, 5.41) is 44.7. The highest BCUT2D eigenvalue weighted by Gasteiger charge is 2.42. The molecule has 1 aliphatic rings. The molecule has 1 aliphatic heterocycles. The van der Waals surface area contributed by atoms with Crippen LogP contribution in [0.25, 0.3) is 0 Å².